The average molecular weight is 959 g/mol. The second-order valence-electron chi connectivity index (χ2n) is 25.8. The molecule has 0 amide bonds. The maximum absolute atomic E-state index is 16.4. The number of cyclic esters (lactones) is 2. The first-order chi connectivity index (χ1) is 33.8. The van der Waals surface area contributed by atoms with Crippen LogP contribution in [0.25, 0.3) is 0 Å². The summed E-state index contributed by atoms with van der Waals surface area (Å²) in [5.41, 5.74) is -3.71. The van der Waals surface area contributed by atoms with Crippen LogP contribution in [0.2, 0.25) is 0 Å². The number of carbonyl (C=O) groups is 3. The lowest BCUT2D eigenvalue weighted by molar-refractivity contribution is -0.285. The van der Waals surface area contributed by atoms with E-state index in [-0.39, 0.29) is 30.2 Å². The summed E-state index contributed by atoms with van der Waals surface area (Å²) in [6.45, 7) is 10.9. The van der Waals surface area contributed by atoms with Gasteiger partial charge in [0, 0.05) is 40.8 Å². The van der Waals surface area contributed by atoms with E-state index in [2.05, 4.69) is 80.5 Å². The van der Waals surface area contributed by atoms with E-state index in [0.717, 1.165) is 88.7 Å². The van der Waals surface area contributed by atoms with Crippen LogP contribution in [0.1, 0.15) is 153 Å². The van der Waals surface area contributed by atoms with Gasteiger partial charge in [0.05, 0.1) is 36.0 Å². The minimum absolute atomic E-state index is 0.0802. The quantitative estimate of drug-likeness (QED) is 0.174. The van der Waals surface area contributed by atoms with Gasteiger partial charge in [-0.15, -0.1) is 0 Å². The van der Waals surface area contributed by atoms with Crippen LogP contribution in [-0.4, -0.2) is 83.1 Å². The molecule has 378 valence electrons. The summed E-state index contributed by atoms with van der Waals surface area (Å²) in [6.07, 6.45) is 18.8. The standard InChI is InChI=1S/C59H78N2O9/c1-35(2)19-26-55(4)47-46(62)48(63)58(40-14-10-13-38(31-40)29-36-11-6-5-7-12-36)45(57(47)33-67-53(65)56(52(57)70-55)23-8-9-24-56)20-25-54(3)49(68-51(64)50-59(54,58)69-50)42-22-28-66-44(42)18-16-37-15-17-41-39(30-37)21-27-61-34-60-32-43(41)61/h5-7,11-12,21-22,27-28,35,37-41,43,45,47-50,52,60,63H,8-10,13-20,23-26,29-34H2,1-4H3/t37-,38-,39+,40-,41-,43-,45+,47+,48+,49-,50+,52-,54-,55-,57+,58-,59+/m0/s1. The van der Waals surface area contributed by atoms with Crippen LogP contribution in [0, 0.1) is 69.0 Å². The predicted octanol–water partition coefficient (Wildman–Crippen LogP) is 9.45. The summed E-state index contributed by atoms with van der Waals surface area (Å²) in [5.74, 6) is 1.46. The van der Waals surface area contributed by atoms with Crippen molar-refractivity contribution in [1.82, 2.24) is 10.2 Å². The molecule has 3 spiro atoms. The van der Waals surface area contributed by atoms with Gasteiger partial charge in [-0.25, -0.2) is 4.79 Å². The number of aliphatic hydroxyl groups excluding tert-OH is 1. The summed E-state index contributed by atoms with van der Waals surface area (Å²) in [6, 6.07) is 13.3. The third-order valence-corrected chi connectivity index (χ3v) is 22.2. The molecule has 7 heterocycles. The fourth-order valence-electron chi connectivity index (χ4n) is 19.4. The highest BCUT2D eigenvalue weighted by atomic mass is 16.7. The van der Waals surface area contributed by atoms with Gasteiger partial charge in [0.25, 0.3) is 0 Å². The number of rotatable bonds is 10. The molecule has 70 heavy (non-hydrogen) atoms. The highest BCUT2D eigenvalue weighted by Crippen LogP contribution is 2.84. The van der Waals surface area contributed by atoms with Crippen LogP contribution in [-0.2, 0) is 46.2 Å². The van der Waals surface area contributed by atoms with Crippen LogP contribution >= 0.6 is 0 Å². The molecule has 6 aliphatic heterocycles. The zero-order valence-electron chi connectivity index (χ0n) is 42.2. The van der Waals surface area contributed by atoms with E-state index in [9.17, 15) is 9.90 Å². The zero-order valence-corrected chi connectivity index (χ0v) is 42.2. The van der Waals surface area contributed by atoms with Gasteiger partial charge in [-0.1, -0.05) is 89.3 Å². The lowest BCUT2D eigenvalue weighted by atomic mass is 9.32. The van der Waals surface area contributed by atoms with Gasteiger partial charge in [-0.05, 0) is 143 Å². The van der Waals surface area contributed by atoms with Crippen LogP contribution in [0.4, 0.5) is 0 Å². The number of hydrogen-bond donors (Lipinski definition) is 2. The predicted molar refractivity (Wildman–Crippen MR) is 260 cm³/mol. The minimum Gasteiger partial charge on any atom is -0.469 e. The molecule has 11 heteroatoms. The normalized spacial score (nSPS) is 46.3. The van der Waals surface area contributed by atoms with Gasteiger partial charge in [0.15, 0.2) is 11.9 Å². The van der Waals surface area contributed by atoms with E-state index < -0.39 is 69.2 Å². The van der Waals surface area contributed by atoms with Crippen LogP contribution in [0.5, 0.6) is 0 Å². The minimum atomic E-state index is -1.41. The smallest absolute Gasteiger partial charge is 0.339 e. The summed E-state index contributed by atoms with van der Waals surface area (Å²) in [7, 11) is 0. The number of nitrogens with one attached hydrogen (secondary N) is 1. The Labute approximate surface area is 414 Å². The molecule has 5 aliphatic carbocycles. The van der Waals surface area contributed by atoms with Gasteiger partial charge in [-0.3, -0.25) is 14.9 Å². The Morgan fingerprint density at radius 3 is 2.54 bits per heavy atom. The topological polar surface area (TPSA) is 140 Å². The second kappa shape index (κ2) is 16.5. The van der Waals surface area contributed by atoms with E-state index in [4.69, 9.17) is 23.4 Å². The van der Waals surface area contributed by atoms with Gasteiger partial charge in [0.2, 0.25) is 0 Å². The largest absolute Gasteiger partial charge is 0.469 e. The number of aryl methyl sites for hydroxylation is 1. The number of ketones is 1. The monoisotopic (exact) mass is 959 g/mol. The number of ether oxygens (including phenoxy) is 4. The van der Waals surface area contributed by atoms with Crippen molar-refractivity contribution in [2.45, 2.75) is 185 Å². The van der Waals surface area contributed by atoms with Crippen molar-refractivity contribution in [1.29, 1.82) is 0 Å². The molecule has 2 N–H and O–H groups in total. The van der Waals surface area contributed by atoms with Crippen LogP contribution in [0.15, 0.2) is 59.4 Å². The molecule has 0 radical (unpaired) electrons. The summed E-state index contributed by atoms with van der Waals surface area (Å²) in [5, 5.41) is 17.5. The number of allylic oxidation sites excluding steroid dienone is 1. The Balaban J connectivity index is 0.912. The molecule has 11 nitrogen and oxygen atoms in total. The Morgan fingerprint density at radius 2 is 1.73 bits per heavy atom. The molecule has 1 aromatic heterocycles. The molecular formula is C59H78N2O9. The van der Waals surface area contributed by atoms with Crippen molar-refractivity contribution < 1.29 is 42.9 Å². The maximum atomic E-state index is 16.4. The SMILES string of the molecule is CC(C)CC[C@]1(C)O[C@H]2C3(CCCC3)C(=O)OC[C@]23[C@H]2CC[C@@]4(C)[C@H](c5ccoc5CC[C@@H]5CC[C@H]6[C@H](C=CN7CNC[C@@H]67)C5)OC(=O)[C@H]5O[C@]54[C@]2([C@H]2CCC[C@@H](Cc4ccccc4)C2)[C@H](O)C(=O)[C@@H]31. The van der Waals surface area contributed by atoms with E-state index >= 15 is 9.59 Å². The third-order valence-electron chi connectivity index (χ3n) is 22.2. The number of epoxide rings is 1. The van der Waals surface area contributed by atoms with Gasteiger partial charge in [0.1, 0.15) is 30.2 Å². The number of furan rings is 1. The van der Waals surface area contributed by atoms with Crippen molar-refractivity contribution in [2.75, 3.05) is 19.8 Å². The first-order valence-corrected chi connectivity index (χ1v) is 28.0. The van der Waals surface area contributed by atoms with Gasteiger partial charge < -0.3 is 33.4 Å². The summed E-state index contributed by atoms with van der Waals surface area (Å²) >= 11 is 0. The molecule has 0 unspecified atom stereocenters. The second-order valence-corrected chi connectivity index (χ2v) is 25.8. The fourth-order valence-corrected chi connectivity index (χ4v) is 19.4. The Hall–Kier alpha value is -3.51. The van der Waals surface area contributed by atoms with Crippen molar-refractivity contribution >= 4 is 17.7 Å². The molecule has 2 aromatic rings. The molecular weight excluding hydrogens is 881 g/mol. The number of aliphatic hydroxyl groups is 1. The molecule has 5 saturated heterocycles. The molecule has 17 atom stereocenters. The number of fused-ring (bicyclic) bond motifs is 5. The van der Waals surface area contributed by atoms with E-state index in [1.54, 1.807) is 6.26 Å². The average Bonchev–Trinajstić information content (AvgIpc) is 3.82. The van der Waals surface area contributed by atoms with E-state index in [1.807, 2.05) is 6.07 Å². The summed E-state index contributed by atoms with van der Waals surface area (Å²) in [4.78, 5) is 48.4. The number of benzene rings is 1. The third kappa shape index (κ3) is 6.22. The lowest BCUT2D eigenvalue weighted by Gasteiger charge is -2.70. The molecule has 13 rings (SSSR count). The summed E-state index contributed by atoms with van der Waals surface area (Å²) < 4.78 is 34.7. The number of nitrogens with zero attached hydrogens (tertiary/aromatic N) is 1. The number of carbonyl (C=O) groups excluding carboxylic acids is 3. The van der Waals surface area contributed by atoms with Gasteiger partial charge >= 0.3 is 11.9 Å². The molecule has 0 bridgehead atoms. The number of hydrogen-bond acceptors (Lipinski definition) is 11. The molecule has 11 aliphatic rings. The van der Waals surface area contributed by atoms with Crippen molar-refractivity contribution in [3.05, 3.63) is 71.8 Å². The zero-order chi connectivity index (χ0) is 48.0. The lowest BCUT2D eigenvalue weighted by Crippen LogP contribution is -2.80. The van der Waals surface area contributed by atoms with Crippen molar-refractivity contribution in [3.8, 4) is 0 Å². The van der Waals surface area contributed by atoms with Gasteiger partial charge in [-0.2, -0.15) is 0 Å². The van der Waals surface area contributed by atoms with Crippen LogP contribution in [0.3, 0.4) is 0 Å². The number of Topliss-reactive ketones (excluding diaryl/α,β-unsaturated/α-hetero) is 1. The highest BCUT2D eigenvalue weighted by Gasteiger charge is 2.93. The first-order valence-electron chi connectivity index (χ1n) is 28.0. The van der Waals surface area contributed by atoms with Crippen LogP contribution < -0.4 is 5.32 Å². The number of esters is 2. The Morgan fingerprint density at radius 1 is 0.900 bits per heavy atom. The molecule has 10 fully saturated rings. The molecule has 5 saturated carbocycles. The Bertz CT molecular complexity index is 2410. The highest BCUT2D eigenvalue weighted by molar-refractivity contribution is 5.93. The maximum Gasteiger partial charge on any atom is 0.339 e. The molecule has 1 aromatic carbocycles. The van der Waals surface area contributed by atoms with Crippen molar-refractivity contribution in [2.24, 2.45) is 69.0 Å². The fraction of sp³-hybridized carbons (Fsp3) is 0.746. The van der Waals surface area contributed by atoms with Crippen molar-refractivity contribution in [3.63, 3.8) is 0 Å². The van der Waals surface area contributed by atoms with E-state index in [1.165, 1.54) is 24.8 Å². The Kier molecular flexibility index (Phi) is 10.9. The van der Waals surface area contributed by atoms with E-state index in [0.29, 0.717) is 67.7 Å². The first kappa shape index (κ1) is 46.3.